The first-order valence-corrected chi connectivity index (χ1v) is 10.6. The van der Waals surface area contributed by atoms with Crippen LogP contribution >= 0.6 is 0 Å². The molecule has 1 N–H and O–H groups in total. The van der Waals surface area contributed by atoms with Crippen LogP contribution in [0.2, 0.25) is 0 Å². The molecule has 1 aliphatic rings. The van der Waals surface area contributed by atoms with E-state index in [0.29, 0.717) is 18.9 Å². The Morgan fingerprint density at radius 1 is 1.15 bits per heavy atom. The van der Waals surface area contributed by atoms with Gasteiger partial charge in [-0.2, -0.15) is 18.4 Å². The van der Waals surface area contributed by atoms with Crippen LogP contribution in [0.15, 0.2) is 73.3 Å². The largest absolute Gasteiger partial charge is 0.417 e. The van der Waals surface area contributed by atoms with Crippen molar-refractivity contribution in [2.24, 2.45) is 5.92 Å². The monoisotopic (exact) mass is 452 g/mol. The van der Waals surface area contributed by atoms with Crippen molar-refractivity contribution >= 4 is 11.4 Å². The summed E-state index contributed by atoms with van der Waals surface area (Å²) in [6.07, 6.45) is 4.22. The zero-order valence-electron chi connectivity index (χ0n) is 17.8. The van der Waals surface area contributed by atoms with Gasteiger partial charge in [0.05, 0.1) is 36.7 Å². The summed E-state index contributed by atoms with van der Waals surface area (Å²) >= 11 is 0. The first-order valence-electron chi connectivity index (χ1n) is 10.6. The third-order valence-electron chi connectivity index (χ3n) is 5.65. The van der Waals surface area contributed by atoms with Crippen molar-refractivity contribution in [3.8, 4) is 6.07 Å². The molecule has 0 bridgehead atoms. The van der Waals surface area contributed by atoms with E-state index in [2.05, 4.69) is 10.3 Å². The molecule has 0 radical (unpaired) electrons. The molecule has 33 heavy (non-hydrogen) atoms. The molecule has 0 saturated carbocycles. The van der Waals surface area contributed by atoms with E-state index < -0.39 is 11.7 Å². The second kappa shape index (κ2) is 9.92. The number of nitrogens with one attached hydrogen (secondary N) is 1. The van der Waals surface area contributed by atoms with Crippen molar-refractivity contribution in [1.29, 1.82) is 5.26 Å². The summed E-state index contributed by atoms with van der Waals surface area (Å²) < 4.78 is 47.8. The first kappa shape index (κ1) is 22.6. The van der Waals surface area contributed by atoms with Crippen LogP contribution in [0.3, 0.4) is 0 Å². The average Bonchev–Trinajstić information content (AvgIpc) is 3.35. The highest BCUT2D eigenvalue weighted by Crippen LogP contribution is 2.35. The zero-order chi connectivity index (χ0) is 23.3. The highest BCUT2D eigenvalue weighted by molar-refractivity contribution is 5.57. The van der Waals surface area contributed by atoms with Crippen molar-refractivity contribution in [2.75, 3.05) is 11.9 Å². The predicted molar refractivity (Wildman–Crippen MR) is 119 cm³/mol. The lowest BCUT2D eigenvalue weighted by Gasteiger charge is -2.30. The van der Waals surface area contributed by atoms with E-state index in [-0.39, 0.29) is 17.5 Å². The van der Waals surface area contributed by atoms with Crippen LogP contribution in [0.4, 0.5) is 18.9 Å². The molecular weight excluding hydrogens is 429 g/mol. The maximum atomic E-state index is 13.3. The molecule has 3 aromatic rings. The molecule has 8 heteroatoms. The SMILES string of the molecule is N#Cc1ccc(NC2C=C(n3ccnc3)C(COCc3ccccc3)CC2)cc1C(F)(F)F. The van der Waals surface area contributed by atoms with Gasteiger partial charge >= 0.3 is 6.18 Å². The standard InChI is InChI=1S/C25H23F3N4O/c26-25(27,28)23-12-21(8-6-19(23)14-29)31-22-9-7-20(24(13-22)32-11-10-30-17-32)16-33-15-18-4-2-1-3-5-18/h1-6,8,10-13,17,20,22,31H,7,9,15-16H2. The number of nitriles is 1. The van der Waals surface area contributed by atoms with Crippen molar-refractivity contribution in [2.45, 2.75) is 31.7 Å². The Kier molecular flexibility index (Phi) is 6.80. The number of hydrogen-bond acceptors (Lipinski definition) is 4. The first-order chi connectivity index (χ1) is 15.9. The van der Waals surface area contributed by atoms with Gasteiger partial charge in [0, 0.05) is 35.7 Å². The van der Waals surface area contributed by atoms with Crippen molar-refractivity contribution in [3.63, 3.8) is 0 Å². The lowest BCUT2D eigenvalue weighted by atomic mass is 9.89. The van der Waals surface area contributed by atoms with Crippen molar-refractivity contribution < 1.29 is 17.9 Å². The molecule has 0 amide bonds. The molecule has 2 atom stereocenters. The van der Waals surface area contributed by atoms with Gasteiger partial charge in [-0.25, -0.2) is 4.98 Å². The third kappa shape index (κ3) is 5.62. The maximum absolute atomic E-state index is 13.3. The normalized spacial score (nSPS) is 18.4. The molecule has 1 heterocycles. The van der Waals surface area contributed by atoms with Crippen molar-refractivity contribution in [3.05, 3.63) is 90.0 Å². The molecule has 0 fully saturated rings. The summed E-state index contributed by atoms with van der Waals surface area (Å²) in [6.45, 7) is 1.04. The van der Waals surface area contributed by atoms with Crippen LogP contribution < -0.4 is 5.32 Å². The summed E-state index contributed by atoms with van der Waals surface area (Å²) in [4.78, 5) is 4.13. The van der Waals surface area contributed by atoms with E-state index >= 15 is 0 Å². The van der Waals surface area contributed by atoms with E-state index in [4.69, 9.17) is 10.00 Å². The fourth-order valence-electron chi connectivity index (χ4n) is 4.02. The smallest absolute Gasteiger partial charge is 0.379 e. The van der Waals surface area contributed by atoms with E-state index in [0.717, 1.165) is 30.2 Å². The highest BCUT2D eigenvalue weighted by atomic mass is 19.4. The van der Waals surface area contributed by atoms with Gasteiger partial charge in [0.1, 0.15) is 0 Å². The van der Waals surface area contributed by atoms with Crippen LogP contribution in [-0.2, 0) is 17.5 Å². The van der Waals surface area contributed by atoms with Crippen LogP contribution in [0.5, 0.6) is 0 Å². The van der Waals surface area contributed by atoms with Gasteiger partial charge < -0.3 is 14.6 Å². The summed E-state index contributed by atoms with van der Waals surface area (Å²) in [7, 11) is 0. The topological polar surface area (TPSA) is 62.9 Å². The molecule has 1 aromatic heterocycles. The number of imidazole rings is 1. The highest BCUT2D eigenvalue weighted by Gasteiger charge is 2.34. The molecule has 0 aliphatic heterocycles. The van der Waals surface area contributed by atoms with Crippen LogP contribution in [0.1, 0.15) is 29.5 Å². The minimum Gasteiger partial charge on any atom is -0.379 e. The number of alkyl halides is 3. The second-order valence-corrected chi connectivity index (χ2v) is 7.96. The average molecular weight is 452 g/mol. The van der Waals surface area contributed by atoms with Gasteiger partial charge in [-0.15, -0.1) is 0 Å². The quantitative estimate of drug-likeness (QED) is 0.498. The molecule has 5 nitrogen and oxygen atoms in total. The maximum Gasteiger partial charge on any atom is 0.417 e. The summed E-state index contributed by atoms with van der Waals surface area (Å²) in [5.41, 5.74) is 1.10. The molecule has 2 unspecified atom stereocenters. The van der Waals surface area contributed by atoms with Gasteiger partial charge in [-0.1, -0.05) is 30.3 Å². The van der Waals surface area contributed by atoms with Gasteiger partial charge in [-0.3, -0.25) is 0 Å². The predicted octanol–water partition coefficient (Wildman–Crippen LogP) is 5.72. The molecule has 1 aliphatic carbocycles. The number of ether oxygens (including phenoxy) is 1. The summed E-state index contributed by atoms with van der Waals surface area (Å²) in [5, 5.41) is 12.2. The molecule has 0 spiro atoms. The number of nitrogens with zero attached hydrogens (tertiary/aromatic N) is 3. The number of halogens is 3. The number of anilines is 1. The zero-order valence-corrected chi connectivity index (χ0v) is 17.8. The lowest BCUT2D eigenvalue weighted by molar-refractivity contribution is -0.137. The van der Waals surface area contributed by atoms with E-state index in [1.807, 2.05) is 47.2 Å². The lowest BCUT2D eigenvalue weighted by Crippen LogP contribution is -2.28. The Morgan fingerprint density at radius 2 is 1.97 bits per heavy atom. The minimum atomic E-state index is -4.59. The Morgan fingerprint density at radius 3 is 2.67 bits per heavy atom. The van der Waals surface area contributed by atoms with E-state index in [1.54, 1.807) is 18.6 Å². The number of benzene rings is 2. The van der Waals surface area contributed by atoms with E-state index in [9.17, 15) is 13.2 Å². The Labute approximate surface area is 190 Å². The van der Waals surface area contributed by atoms with Gasteiger partial charge in [-0.05, 0) is 42.7 Å². The Bertz CT molecular complexity index is 1130. The molecule has 0 saturated heterocycles. The third-order valence-corrected chi connectivity index (χ3v) is 5.65. The fraction of sp³-hybridized carbons (Fsp3) is 0.280. The van der Waals surface area contributed by atoms with Gasteiger partial charge in [0.2, 0.25) is 0 Å². The van der Waals surface area contributed by atoms with Crippen LogP contribution in [0, 0.1) is 17.2 Å². The summed E-state index contributed by atoms with van der Waals surface area (Å²) in [5.74, 6) is 0.132. The van der Waals surface area contributed by atoms with Crippen molar-refractivity contribution in [1.82, 2.24) is 9.55 Å². The number of aromatic nitrogens is 2. The second-order valence-electron chi connectivity index (χ2n) is 7.96. The van der Waals surface area contributed by atoms with Gasteiger partial charge in [0.15, 0.2) is 0 Å². The number of rotatable bonds is 7. The van der Waals surface area contributed by atoms with E-state index in [1.165, 1.54) is 12.1 Å². The van der Waals surface area contributed by atoms with Gasteiger partial charge in [0.25, 0.3) is 0 Å². The molecular formula is C25H23F3N4O. The summed E-state index contributed by atoms with van der Waals surface area (Å²) in [6, 6.07) is 15.1. The molecule has 170 valence electrons. The minimum absolute atomic E-state index is 0.132. The van der Waals surface area contributed by atoms with Crippen LogP contribution in [0.25, 0.3) is 5.70 Å². The Balaban J connectivity index is 1.50. The van der Waals surface area contributed by atoms with Crippen LogP contribution in [-0.4, -0.2) is 22.2 Å². The number of hydrogen-bond donors (Lipinski definition) is 1. The fourth-order valence-corrected chi connectivity index (χ4v) is 4.02. The molecule has 2 aromatic carbocycles. The Hall–Kier alpha value is -3.57. The molecule has 4 rings (SSSR count).